The third-order valence-corrected chi connectivity index (χ3v) is 8.70. The van der Waals surface area contributed by atoms with Crippen LogP contribution in [-0.4, -0.2) is 65.6 Å². The van der Waals surface area contributed by atoms with Crippen molar-refractivity contribution in [1.82, 2.24) is 9.80 Å². The van der Waals surface area contributed by atoms with Gasteiger partial charge in [0.05, 0.1) is 23.0 Å². The first-order valence-electron chi connectivity index (χ1n) is 12.4. The Balaban J connectivity index is 1.40. The Kier molecular flexibility index (Phi) is 8.02. The van der Waals surface area contributed by atoms with Crippen molar-refractivity contribution < 1.29 is 32.3 Å². The molecule has 2 amide bonds. The lowest BCUT2D eigenvalue weighted by Gasteiger charge is -2.45. The van der Waals surface area contributed by atoms with Crippen LogP contribution in [0.5, 0.6) is 0 Å². The molecule has 1 saturated carbocycles. The van der Waals surface area contributed by atoms with Gasteiger partial charge in [0.25, 0.3) is 5.91 Å². The third kappa shape index (κ3) is 5.74. The minimum atomic E-state index is -4.40. The molecule has 4 unspecified atom stereocenters. The van der Waals surface area contributed by atoms with Gasteiger partial charge in [-0.3, -0.25) is 14.4 Å². The fraction of sp³-hybridized carbons (Fsp3) is 0.577. The van der Waals surface area contributed by atoms with Crippen LogP contribution < -0.4 is 0 Å². The minimum absolute atomic E-state index is 0.0411. The molecule has 0 aromatic heterocycles. The van der Waals surface area contributed by atoms with Crippen molar-refractivity contribution in [1.29, 1.82) is 0 Å². The molecule has 0 bridgehead atoms. The Morgan fingerprint density at radius 1 is 1.14 bits per heavy atom. The summed E-state index contributed by atoms with van der Waals surface area (Å²) in [5.41, 5.74) is -0.189. The molecule has 0 spiro atoms. The molecule has 1 aromatic carbocycles. The highest BCUT2D eigenvalue weighted by atomic mass is 32.2. The highest BCUT2D eigenvalue weighted by Crippen LogP contribution is 2.44. The summed E-state index contributed by atoms with van der Waals surface area (Å²) in [4.78, 5) is 42.5. The maximum absolute atomic E-state index is 13.3. The minimum Gasteiger partial charge on any atom is -0.466 e. The first-order chi connectivity index (χ1) is 17.1. The molecule has 2 heterocycles. The maximum atomic E-state index is 13.3. The van der Waals surface area contributed by atoms with E-state index in [9.17, 15) is 27.6 Å². The van der Waals surface area contributed by atoms with Gasteiger partial charge < -0.3 is 14.5 Å². The van der Waals surface area contributed by atoms with E-state index in [-0.39, 0.29) is 40.9 Å². The summed E-state index contributed by atoms with van der Waals surface area (Å²) in [5.74, 6) is -0.885. The van der Waals surface area contributed by atoms with E-state index in [1.165, 1.54) is 23.9 Å². The van der Waals surface area contributed by atoms with Gasteiger partial charge in [0.15, 0.2) is 0 Å². The third-order valence-electron chi connectivity index (χ3n) is 7.30. The lowest BCUT2D eigenvalue weighted by atomic mass is 9.83. The Morgan fingerprint density at radius 3 is 2.53 bits per heavy atom. The highest BCUT2D eigenvalue weighted by Gasteiger charge is 2.44. The first-order valence-corrected chi connectivity index (χ1v) is 13.2. The number of esters is 1. The number of piperidine rings is 1. The number of likely N-dealkylation sites (N-methyl/N-ethyl adjacent to an activating group) is 1. The van der Waals surface area contributed by atoms with Crippen LogP contribution in [0.1, 0.15) is 50.2 Å². The number of ether oxygens (including phenoxy) is 1. The van der Waals surface area contributed by atoms with Gasteiger partial charge in [-0.1, -0.05) is 12.1 Å². The quantitative estimate of drug-likeness (QED) is 0.426. The number of halogens is 3. The summed E-state index contributed by atoms with van der Waals surface area (Å²) in [5, 5.41) is 0.117. The number of carbonyl (C=O) groups is 3. The van der Waals surface area contributed by atoms with Crippen LogP contribution in [0, 0.1) is 11.8 Å². The van der Waals surface area contributed by atoms with Crippen molar-refractivity contribution in [2.24, 2.45) is 11.8 Å². The van der Waals surface area contributed by atoms with Crippen molar-refractivity contribution in [2.45, 2.75) is 56.5 Å². The Bertz CT molecular complexity index is 1030. The molecule has 3 fully saturated rings. The van der Waals surface area contributed by atoms with Crippen molar-refractivity contribution in [3.63, 3.8) is 0 Å². The van der Waals surface area contributed by atoms with E-state index >= 15 is 0 Å². The van der Waals surface area contributed by atoms with E-state index < -0.39 is 11.7 Å². The van der Waals surface area contributed by atoms with Gasteiger partial charge in [0.1, 0.15) is 0 Å². The van der Waals surface area contributed by atoms with Gasteiger partial charge in [0.2, 0.25) is 5.91 Å². The number of rotatable bonds is 4. The number of hydrogen-bond acceptors (Lipinski definition) is 5. The Labute approximate surface area is 213 Å². The van der Waals surface area contributed by atoms with Crippen LogP contribution in [0.25, 0.3) is 6.08 Å². The molecule has 4 atom stereocenters. The van der Waals surface area contributed by atoms with E-state index in [0.29, 0.717) is 43.0 Å². The summed E-state index contributed by atoms with van der Waals surface area (Å²) in [7, 11) is 1.73. The van der Waals surface area contributed by atoms with Crippen LogP contribution in [-0.2, 0) is 25.3 Å². The van der Waals surface area contributed by atoms with Gasteiger partial charge in [-0.05, 0) is 62.8 Å². The molecule has 36 heavy (non-hydrogen) atoms. The molecule has 3 aliphatic rings. The van der Waals surface area contributed by atoms with E-state index in [1.807, 2.05) is 0 Å². The van der Waals surface area contributed by atoms with Crippen molar-refractivity contribution in [3.8, 4) is 0 Å². The van der Waals surface area contributed by atoms with Crippen LogP contribution in [0.3, 0.4) is 0 Å². The lowest BCUT2D eigenvalue weighted by molar-refractivity contribution is -0.152. The van der Waals surface area contributed by atoms with Gasteiger partial charge in [-0.2, -0.15) is 13.2 Å². The molecule has 0 N–H and O–H groups in total. The summed E-state index contributed by atoms with van der Waals surface area (Å²) in [6.07, 6.45) is 0.734. The van der Waals surface area contributed by atoms with Gasteiger partial charge in [-0.15, -0.1) is 11.8 Å². The SMILES string of the molecule is CCOC(=O)C1CCCN(C(=O)C2CCC3S/C(=C\c4ccc(C(F)(F)F)cc4)C(=O)N(C)C3C2)C1. The lowest BCUT2D eigenvalue weighted by Crippen LogP contribution is -2.53. The van der Waals surface area contributed by atoms with Crippen LogP contribution >= 0.6 is 11.8 Å². The molecule has 0 radical (unpaired) electrons. The molecular weight excluding hydrogens is 493 g/mol. The van der Waals surface area contributed by atoms with Gasteiger partial charge in [0, 0.05) is 37.3 Å². The zero-order valence-electron chi connectivity index (χ0n) is 20.4. The second-order valence-corrected chi connectivity index (χ2v) is 10.9. The second-order valence-electron chi connectivity index (χ2n) is 9.65. The molecule has 2 saturated heterocycles. The largest absolute Gasteiger partial charge is 0.466 e. The number of likely N-dealkylation sites (tertiary alicyclic amines) is 1. The predicted octanol–water partition coefficient (Wildman–Crippen LogP) is 4.59. The van der Waals surface area contributed by atoms with Crippen molar-refractivity contribution in [2.75, 3.05) is 26.7 Å². The van der Waals surface area contributed by atoms with E-state index in [4.69, 9.17) is 4.74 Å². The molecule has 1 aromatic rings. The average Bonchev–Trinajstić information content (AvgIpc) is 2.86. The number of alkyl halides is 3. The molecule has 4 rings (SSSR count). The molecule has 1 aliphatic carbocycles. The summed E-state index contributed by atoms with van der Waals surface area (Å²) in [6, 6.07) is 4.67. The zero-order chi connectivity index (χ0) is 26.0. The van der Waals surface area contributed by atoms with Crippen LogP contribution in [0.2, 0.25) is 0 Å². The smallest absolute Gasteiger partial charge is 0.416 e. The highest BCUT2D eigenvalue weighted by molar-refractivity contribution is 8.04. The standard InChI is InChI=1S/C26H31F3N2O4S/c1-3-35-25(34)18-5-4-12-31(15-18)23(32)17-8-11-21-20(14-17)30(2)24(33)22(36-21)13-16-6-9-19(10-7-16)26(27,28)29/h6-7,9-10,13,17-18,20-21H,3-5,8,11-12,14-15H2,1-2H3/b22-13-. The number of nitrogens with zero attached hydrogens (tertiary/aromatic N) is 2. The normalized spacial score (nSPS) is 28.1. The maximum Gasteiger partial charge on any atom is 0.416 e. The number of fused-ring (bicyclic) bond motifs is 1. The van der Waals surface area contributed by atoms with E-state index in [1.54, 1.807) is 29.8 Å². The number of carbonyl (C=O) groups excluding carboxylic acids is 3. The second kappa shape index (κ2) is 10.9. The van der Waals surface area contributed by atoms with E-state index in [2.05, 4.69) is 0 Å². The zero-order valence-corrected chi connectivity index (χ0v) is 21.2. The number of hydrogen-bond donors (Lipinski definition) is 0. The number of benzene rings is 1. The van der Waals surface area contributed by atoms with Gasteiger partial charge >= 0.3 is 12.1 Å². The average molecular weight is 525 g/mol. The Morgan fingerprint density at radius 2 is 1.86 bits per heavy atom. The van der Waals surface area contributed by atoms with E-state index in [0.717, 1.165) is 31.4 Å². The van der Waals surface area contributed by atoms with Crippen LogP contribution in [0.4, 0.5) is 13.2 Å². The number of amides is 2. The molecule has 10 heteroatoms. The topological polar surface area (TPSA) is 66.9 Å². The fourth-order valence-electron chi connectivity index (χ4n) is 5.33. The van der Waals surface area contributed by atoms with Crippen molar-refractivity contribution in [3.05, 3.63) is 40.3 Å². The fourth-order valence-corrected chi connectivity index (χ4v) is 6.81. The number of thioether (sulfide) groups is 1. The Hall–Kier alpha value is -2.49. The predicted molar refractivity (Wildman–Crippen MR) is 131 cm³/mol. The monoisotopic (exact) mass is 524 g/mol. The van der Waals surface area contributed by atoms with Crippen molar-refractivity contribution >= 4 is 35.6 Å². The van der Waals surface area contributed by atoms with Gasteiger partial charge in [-0.25, -0.2) is 0 Å². The molecule has 6 nitrogen and oxygen atoms in total. The first kappa shape index (κ1) is 26.6. The van der Waals surface area contributed by atoms with Crippen LogP contribution in [0.15, 0.2) is 29.2 Å². The summed E-state index contributed by atoms with van der Waals surface area (Å²) in [6.45, 7) is 3.10. The summed E-state index contributed by atoms with van der Waals surface area (Å²) >= 11 is 1.45. The molecular formula is C26H31F3N2O4S. The summed E-state index contributed by atoms with van der Waals surface area (Å²) < 4.78 is 43.7. The molecule has 196 valence electrons. The molecule has 2 aliphatic heterocycles.